The van der Waals surface area contributed by atoms with Gasteiger partial charge in [-0.15, -0.1) is 0 Å². The molecule has 3 rings (SSSR count). The lowest BCUT2D eigenvalue weighted by Crippen LogP contribution is -2.50. The van der Waals surface area contributed by atoms with E-state index >= 15 is 0 Å². The summed E-state index contributed by atoms with van der Waals surface area (Å²) in [5.41, 5.74) is 0. The molecule has 0 aromatic heterocycles. The fourth-order valence-electron chi connectivity index (χ4n) is 3.88. The maximum absolute atomic E-state index is 12.1. The van der Waals surface area contributed by atoms with E-state index in [1.807, 2.05) is 0 Å². The molecule has 0 aromatic rings. The van der Waals surface area contributed by atoms with Crippen molar-refractivity contribution < 1.29 is 9.53 Å². The van der Waals surface area contributed by atoms with Gasteiger partial charge in [-0.25, -0.2) is 0 Å². The highest BCUT2D eigenvalue weighted by molar-refractivity contribution is 5.78. The van der Waals surface area contributed by atoms with E-state index in [0.29, 0.717) is 18.6 Å². The first-order chi connectivity index (χ1) is 10.3. The maximum Gasteiger partial charge on any atom is 0.234 e. The van der Waals surface area contributed by atoms with Gasteiger partial charge in [-0.2, -0.15) is 0 Å². The molecule has 120 valence electrons. The first-order valence-corrected chi connectivity index (χ1v) is 8.65. The van der Waals surface area contributed by atoms with Crippen LogP contribution in [-0.4, -0.2) is 73.7 Å². The molecule has 3 heterocycles. The zero-order chi connectivity index (χ0) is 14.5. The van der Waals surface area contributed by atoms with E-state index in [0.717, 1.165) is 52.2 Å². The normalized spacial score (nSPS) is 27.0. The number of carbonyl (C=O) groups excluding carboxylic acids is 1. The predicted molar refractivity (Wildman–Crippen MR) is 82.3 cm³/mol. The van der Waals surface area contributed by atoms with Crippen LogP contribution >= 0.6 is 0 Å². The maximum atomic E-state index is 12.1. The molecule has 21 heavy (non-hydrogen) atoms. The van der Waals surface area contributed by atoms with Gasteiger partial charge in [0.1, 0.15) is 0 Å². The van der Waals surface area contributed by atoms with Gasteiger partial charge in [0.2, 0.25) is 5.91 Å². The summed E-state index contributed by atoms with van der Waals surface area (Å²) in [5, 5.41) is 3.24. The van der Waals surface area contributed by atoms with Gasteiger partial charge in [-0.1, -0.05) is 0 Å². The Balaban J connectivity index is 1.35. The van der Waals surface area contributed by atoms with Gasteiger partial charge in [0.05, 0.1) is 6.54 Å². The van der Waals surface area contributed by atoms with Crippen molar-refractivity contribution in [2.24, 2.45) is 0 Å². The van der Waals surface area contributed by atoms with E-state index < -0.39 is 0 Å². The Morgan fingerprint density at radius 2 is 1.67 bits per heavy atom. The number of amides is 1. The summed E-state index contributed by atoms with van der Waals surface area (Å²) in [6.07, 6.45) is 7.04. The van der Waals surface area contributed by atoms with Gasteiger partial charge < -0.3 is 15.0 Å². The lowest BCUT2D eigenvalue weighted by molar-refractivity contribution is -0.123. The van der Waals surface area contributed by atoms with Gasteiger partial charge in [-0.05, 0) is 51.6 Å². The quantitative estimate of drug-likeness (QED) is 0.835. The summed E-state index contributed by atoms with van der Waals surface area (Å²) in [6, 6.07) is 1.09. The fraction of sp³-hybridized carbons (Fsp3) is 0.938. The number of carbonyl (C=O) groups is 1. The lowest BCUT2D eigenvalue weighted by Gasteiger charge is -2.39. The highest BCUT2D eigenvalue weighted by atomic mass is 16.5. The van der Waals surface area contributed by atoms with Crippen LogP contribution in [-0.2, 0) is 9.53 Å². The molecule has 1 amide bonds. The summed E-state index contributed by atoms with van der Waals surface area (Å²) in [4.78, 5) is 16.9. The van der Waals surface area contributed by atoms with E-state index in [9.17, 15) is 4.79 Å². The standard InChI is InChI=1S/C16H29N3O2/c20-16(13-18-7-1-2-8-18)17-14-3-9-19(10-4-14)15-5-11-21-12-6-15/h14-15H,1-13H2,(H,17,20). The fourth-order valence-corrected chi connectivity index (χ4v) is 3.88. The van der Waals surface area contributed by atoms with Crippen LogP contribution in [0.25, 0.3) is 0 Å². The summed E-state index contributed by atoms with van der Waals surface area (Å²) in [7, 11) is 0. The van der Waals surface area contributed by atoms with Gasteiger partial charge in [0.15, 0.2) is 0 Å². The second kappa shape index (κ2) is 7.56. The highest BCUT2D eigenvalue weighted by Crippen LogP contribution is 2.20. The first kappa shape index (κ1) is 15.3. The number of rotatable bonds is 4. The van der Waals surface area contributed by atoms with Crippen molar-refractivity contribution >= 4 is 5.91 Å². The average molecular weight is 295 g/mol. The van der Waals surface area contributed by atoms with Gasteiger partial charge in [-0.3, -0.25) is 9.69 Å². The Morgan fingerprint density at radius 1 is 1.00 bits per heavy atom. The summed E-state index contributed by atoms with van der Waals surface area (Å²) >= 11 is 0. The molecule has 5 heteroatoms. The van der Waals surface area contributed by atoms with Crippen molar-refractivity contribution in [3.63, 3.8) is 0 Å². The largest absolute Gasteiger partial charge is 0.381 e. The number of piperidine rings is 1. The molecule has 0 aromatic carbocycles. The molecule has 0 spiro atoms. The van der Waals surface area contributed by atoms with Crippen LogP contribution in [0.1, 0.15) is 38.5 Å². The molecule has 0 saturated carbocycles. The van der Waals surface area contributed by atoms with Crippen molar-refractivity contribution in [3.05, 3.63) is 0 Å². The first-order valence-electron chi connectivity index (χ1n) is 8.65. The number of hydrogen-bond donors (Lipinski definition) is 1. The van der Waals surface area contributed by atoms with E-state index in [4.69, 9.17) is 4.74 Å². The topological polar surface area (TPSA) is 44.8 Å². The number of ether oxygens (including phenoxy) is 1. The number of hydrogen-bond acceptors (Lipinski definition) is 4. The Morgan fingerprint density at radius 3 is 2.33 bits per heavy atom. The third-order valence-corrected chi connectivity index (χ3v) is 5.17. The van der Waals surface area contributed by atoms with Crippen LogP contribution in [0.15, 0.2) is 0 Å². The molecule has 0 unspecified atom stereocenters. The van der Waals surface area contributed by atoms with E-state index in [-0.39, 0.29) is 5.91 Å². The van der Waals surface area contributed by atoms with Crippen molar-refractivity contribution in [1.29, 1.82) is 0 Å². The number of likely N-dealkylation sites (tertiary alicyclic amines) is 2. The van der Waals surface area contributed by atoms with Crippen LogP contribution in [0.5, 0.6) is 0 Å². The van der Waals surface area contributed by atoms with Crippen LogP contribution < -0.4 is 5.32 Å². The smallest absolute Gasteiger partial charge is 0.234 e. The van der Waals surface area contributed by atoms with Gasteiger partial charge >= 0.3 is 0 Å². The van der Waals surface area contributed by atoms with Crippen LogP contribution in [0, 0.1) is 0 Å². The summed E-state index contributed by atoms with van der Waals surface area (Å²) < 4.78 is 5.44. The van der Waals surface area contributed by atoms with Crippen molar-refractivity contribution in [3.8, 4) is 0 Å². The SMILES string of the molecule is O=C(CN1CCCC1)NC1CCN(C2CCOCC2)CC1. The van der Waals surface area contributed by atoms with E-state index in [1.54, 1.807) is 0 Å². The number of nitrogens with one attached hydrogen (secondary N) is 1. The van der Waals surface area contributed by atoms with Gasteiger partial charge in [0.25, 0.3) is 0 Å². The van der Waals surface area contributed by atoms with Crippen LogP contribution in [0.2, 0.25) is 0 Å². The molecular formula is C16H29N3O2. The van der Waals surface area contributed by atoms with E-state index in [1.165, 1.54) is 25.7 Å². The molecule has 0 radical (unpaired) electrons. The summed E-state index contributed by atoms with van der Waals surface area (Å²) in [6.45, 7) is 6.86. The molecule has 0 bridgehead atoms. The van der Waals surface area contributed by atoms with Crippen LogP contribution in [0.4, 0.5) is 0 Å². The monoisotopic (exact) mass is 295 g/mol. The minimum Gasteiger partial charge on any atom is -0.381 e. The Hall–Kier alpha value is -0.650. The average Bonchev–Trinajstić information content (AvgIpc) is 3.02. The third-order valence-electron chi connectivity index (χ3n) is 5.17. The molecule has 1 N–H and O–H groups in total. The Labute approximate surface area is 128 Å². The molecule has 3 fully saturated rings. The molecular weight excluding hydrogens is 266 g/mol. The predicted octanol–water partition coefficient (Wildman–Crippen LogP) is 0.842. The van der Waals surface area contributed by atoms with Crippen molar-refractivity contribution in [2.75, 3.05) is 45.9 Å². The Bertz CT molecular complexity index is 330. The second-order valence-corrected chi connectivity index (χ2v) is 6.70. The van der Waals surface area contributed by atoms with Crippen LogP contribution in [0.3, 0.4) is 0 Å². The second-order valence-electron chi connectivity index (χ2n) is 6.70. The molecule has 3 saturated heterocycles. The van der Waals surface area contributed by atoms with E-state index in [2.05, 4.69) is 15.1 Å². The Kier molecular flexibility index (Phi) is 5.49. The van der Waals surface area contributed by atoms with Crippen molar-refractivity contribution in [1.82, 2.24) is 15.1 Å². The molecule has 0 atom stereocenters. The third kappa shape index (κ3) is 4.41. The highest BCUT2D eigenvalue weighted by Gasteiger charge is 2.27. The molecule has 0 aliphatic carbocycles. The van der Waals surface area contributed by atoms with Crippen molar-refractivity contribution in [2.45, 2.75) is 50.6 Å². The molecule has 3 aliphatic heterocycles. The lowest BCUT2D eigenvalue weighted by atomic mass is 9.99. The van der Waals surface area contributed by atoms with Gasteiger partial charge in [0, 0.05) is 38.4 Å². The zero-order valence-electron chi connectivity index (χ0n) is 13.1. The molecule has 5 nitrogen and oxygen atoms in total. The minimum absolute atomic E-state index is 0.224. The molecule has 3 aliphatic rings. The minimum atomic E-state index is 0.224. The summed E-state index contributed by atoms with van der Waals surface area (Å²) in [5.74, 6) is 0.224. The number of nitrogens with zero attached hydrogens (tertiary/aromatic N) is 2. The zero-order valence-corrected chi connectivity index (χ0v) is 13.1.